The number of halogens is 1. The number of carbonyl (C=O) groups excluding carboxylic acids is 2. The number of pyridine rings is 1. The molecule has 1 aromatic heterocycles. The number of nitrogens with zero attached hydrogens (tertiary/aromatic N) is 3. The zero-order valence-electron chi connectivity index (χ0n) is 13.6. The van der Waals surface area contributed by atoms with Crippen molar-refractivity contribution in [2.45, 2.75) is 44.8 Å². The number of hydrogen-bond acceptors (Lipinski definition) is 5. The van der Waals surface area contributed by atoms with E-state index in [2.05, 4.69) is 20.9 Å². The van der Waals surface area contributed by atoms with Gasteiger partial charge in [-0.15, -0.1) is 0 Å². The van der Waals surface area contributed by atoms with E-state index in [-0.39, 0.29) is 18.1 Å². The molecule has 3 unspecified atom stereocenters. The molecule has 3 heterocycles. The van der Waals surface area contributed by atoms with Crippen LogP contribution in [0.3, 0.4) is 0 Å². The average Bonchev–Trinajstić information content (AvgIpc) is 2.50. The lowest BCUT2D eigenvalue weighted by molar-refractivity contribution is -0.00468. The zero-order chi connectivity index (χ0) is 17.3. The molecule has 0 radical (unpaired) electrons. The van der Waals surface area contributed by atoms with Crippen molar-refractivity contribution in [2.24, 2.45) is 0 Å². The van der Waals surface area contributed by atoms with Crippen LogP contribution in [0.1, 0.15) is 26.7 Å². The normalized spacial score (nSPS) is 25.5. The molecule has 2 fully saturated rings. The third kappa shape index (κ3) is 3.33. The number of likely N-dealkylation sites (tertiary alicyclic amines) is 2. The minimum Gasteiger partial charge on any atom is -0.489 e. The van der Waals surface area contributed by atoms with Crippen LogP contribution >= 0.6 is 15.9 Å². The first-order valence-corrected chi connectivity index (χ1v) is 8.79. The van der Waals surface area contributed by atoms with Crippen molar-refractivity contribution in [3.63, 3.8) is 0 Å². The minimum absolute atomic E-state index is 0.0325. The Morgan fingerprint density at radius 2 is 2.12 bits per heavy atom. The molecule has 0 bridgehead atoms. The van der Waals surface area contributed by atoms with E-state index < -0.39 is 12.2 Å². The first kappa shape index (κ1) is 17.0. The Hall–Kier alpha value is -1.83. The van der Waals surface area contributed by atoms with E-state index >= 15 is 0 Å². The molecule has 2 saturated heterocycles. The van der Waals surface area contributed by atoms with Crippen molar-refractivity contribution >= 4 is 28.1 Å². The summed E-state index contributed by atoms with van der Waals surface area (Å²) in [5, 5.41) is 0. The summed E-state index contributed by atoms with van der Waals surface area (Å²) in [6.07, 6.45) is 3.86. The highest BCUT2D eigenvalue weighted by molar-refractivity contribution is 9.10. The van der Waals surface area contributed by atoms with Crippen LogP contribution in [0.2, 0.25) is 0 Å². The Balaban J connectivity index is 1.53. The first-order valence-electron chi connectivity index (χ1n) is 8.00. The number of aromatic nitrogens is 1. The molecule has 7 nitrogen and oxygen atoms in total. The minimum atomic E-state index is -0.600. The van der Waals surface area contributed by atoms with Crippen LogP contribution in [0.25, 0.3) is 0 Å². The number of ether oxygens (including phenoxy) is 2. The summed E-state index contributed by atoms with van der Waals surface area (Å²) in [7, 11) is 0. The molecule has 2 aliphatic rings. The van der Waals surface area contributed by atoms with Gasteiger partial charge in [-0.05, 0) is 48.7 Å². The van der Waals surface area contributed by atoms with Crippen molar-refractivity contribution in [1.82, 2.24) is 14.8 Å². The van der Waals surface area contributed by atoms with Crippen molar-refractivity contribution in [1.29, 1.82) is 0 Å². The maximum Gasteiger partial charge on any atom is 0.419 e. The van der Waals surface area contributed by atoms with E-state index in [4.69, 9.17) is 9.47 Å². The fourth-order valence-corrected chi connectivity index (χ4v) is 3.28. The van der Waals surface area contributed by atoms with Crippen molar-refractivity contribution in [3.8, 4) is 5.75 Å². The summed E-state index contributed by atoms with van der Waals surface area (Å²) >= 11 is 3.39. The molecule has 0 aliphatic carbocycles. The predicted molar refractivity (Wildman–Crippen MR) is 89.8 cm³/mol. The van der Waals surface area contributed by atoms with E-state index in [0.29, 0.717) is 18.9 Å². The van der Waals surface area contributed by atoms with E-state index in [1.54, 1.807) is 28.3 Å². The summed E-state index contributed by atoms with van der Waals surface area (Å²) < 4.78 is 11.5. The van der Waals surface area contributed by atoms with E-state index in [1.807, 2.05) is 13.8 Å². The SMILES string of the molecule is CC1CCN1C(=O)OC(=O)N1C(C)CC1COc1cnccc1Br. The second kappa shape index (κ2) is 6.96. The molecule has 0 N–H and O–H groups in total. The van der Waals surface area contributed by atoms with Gasteiger partial charge in [-0.2, -0.15) is 0 Å². The molecule has 0 aromatic carbocycles. The van der Waals surface area contributed by atoms with Gasteiger partial charge in [-0.25, -0.2) is 9.59 Å². The molecule has 8 heteroatoms. The number of hydrogen-bond donors (Lipinski definition) is 0. The Kier molecular flexibility index (Phi) is 4.93. The largest absolute Gasteiger partial charge is 0.489 e. The van der Waals surface area contributed by atoms with Gasteiger partial charge in [0, 0.05) is 24.8 Å². The van der Waals surface area contributed by atoms with Crippen LogP contribution in [-0.4, -0.2) is 58.2 Å². The number of carbonyl (C=O) groups is 2. The molecule has 0 saturated carbocycles. The van der Waals surface area contributed by atoms with Gasteiger partial charge in [0.05, 0.1) is 16.7 Å². The first-order chi connectivity index (χ1) is 11.5. The lowest BCUT2D eigenvalue weighted by Crippen LogP contribution is -2.60. The Bertz CT molecular complexity index is 642. The van der Waals surface area contributed by atoms with Crippen LogP contribution < -0.4 is 4.74 Å². The summed E-state index contributed by atoms with van der Waals surface area (Å²) in [4.78, 5) is 31.3. The third-order valence-electron chi connectivity index (χ3n) is 4.59. The number of rotatable bonds is 3. The molecular weight excluding hydrogens is 378 g/mol. The molecule has 0 spiro atoms. The summed E-state index contributed by atoms with van der Waals surface area (Å²) in [5.74, 6) is 0.621. The van der Waals surface area contributed by atoms with Gasteiger partial charge in [0.15, 0.2) is 5.75 Å². The van der Waals surface area contributed by atoms with Gasteiger partial charge in [0.25, 0.3) is 0 Å². The summed E-state index contributed by atoms with van der Waals surface area (Å²) in [6, 6.07) is 1.85. The molecule has 130 valence electrons. The fraction of sp³-hybridized carbons (Fsp3) is 0.562. The number of amides is 2. The van der Waals surface area contributed by atoms with E-state index in [0.717, 1.165) is 17.3 Å². The fourth-order valence-electron chi connectivity index (χ4n) is 2.95. The molecule has 3 atom stereocenters. The van der Waals surface area contributed by atoms with E-state index in [1.165, 1.54) is 0 Å². The van der Waals surface area contributed by atoms with Crippen molar-refractivity contribution in [3.05, 3.63) is 22.9 Å². The topological polar surface area (TPSA) is 72.0 Å². The van der Waals surface area contributed by atoms with Gasteiger partial charge in [0.2, 0.25) is 0 Å². The Morgan fingerprint density at radius 3 is 2.71 bits per heavy atom. The van der Waals surface area contributed by atoms with Crippen LogP contribution in [0.5, 0.6) is 5.75 Å². The van der Waals surface area contributed by atoms with Gasteiger partial charge in [-0.3, -0.25) is 9.88 Å². The molecule has 1 aromatic rings. The zero-order valence-corrected chi connectivity index (χ0v) is 15.2. The smallest absolute Gasteiger partial charge is 0.419 e. The predicted octanol–water partition coefficient (Wildman–Crippen LogP) is 3.04. The van der Waals surface area contributed by atoms with E-state index in [9.17, 15) is 9.59 Å². The maximum atomic E-state index is 12.3. The lowest BCUT2D eigenvalue weighted by atomic mass is 9.96. The molecule has 24 heavy (non-hydrogen) atoms. The molecule has 2 aliphatic heterocycles. The Labute approximate surface area is 149 Å². The Morgan fingerprint density at radius 1 is 1.33 bits per heavy atom. The quantitative estimate of drug-likeness (QED) is 0.732. The van der Waals surface area contributed by atoms with Gasteiger partial charge in [0.1, 0.15) is 6.61 Å². The highest BCUT2D eigenvalue weighted by atomic mass is 79.9. The second-order valence-corrected chi connectivity index (χ2v) is 7.08. The molecular formula is C16H20BrN3O4. The van der Waals surface area contributed by atoms with Crippen molar-refractivity contribution in [2.75, 3.05) is 13.2 Å². The highest BCUT2D eigenvalue weighted by Crippen LogP contribution is 2.29. The summed E-state index contributed by atoms with van der Waals surface area (Å²) in [6.45, 7) is 4.83. The lowest BCUT2D eigenvalue weighted by Gasteiger charge is -2.46. The molecule has 2 amide bonds. The van der Waals surface area contributed by atoms with Crippen LogP contribution in [0.15, 0.2) is 22.9 Å². The van der Waals surface area contributed by atoms with Gasteiger partial charge >= 0.3 is 12.2 Å². The van der Waals surface area contributed by atoms with Crippen LogP contribution in [0.4, 0.5) is 9.59 Å². The average molecular weight is 398 g/mol. The monoisotopic (exact) mass is 397 g/mol. The van der Waals surface area contributed by atoms with Crippen LogP contribution in [-0.2, 0) is 4.74 Å². The van der Waals surface area contributed by atoms with Gasteiger partial charge in [-0.1, -0.05) is 0 Å². The standard InChI is InChI=1S/C16H20BrN3O4/c1-10-4-6-19(10)15(21)24-16(22)20-11(2)7-12(20)9-23-14-8-18-5-3-13(14)17/h3,5,8,10-12H,4,6-7,9H2,1-2H3. The third-order valence-corrected chi connectivity index (χ3v) is 5.24. The van der Waals surface area contributed by atoms with Gasteiger partial charge < -0.3 is 14.4 Å². The molecule has 3 rings (SSSR count). The highest BCUT2D eigenvalue weighted by Gasteiger charge is 2.42. The summed E-state index contributed by atoms with van der Waals surface area (Å²) in [5.41, 5.74) is 0. The second-order valence-electron chi connectivity index (χ2n) is 6.23. The maximum absolute atomic E-state index is 12.3. The van der Waals surface area contributed by atoms with Crippen LogP contribution in [0, 0.1) is 0 Å². The van der Waals surface area contributed by atoms with Crippen molar-refractivity contribution < 1.29 is 19.1 Å².